The average Bonchev–Trinajstić information content (AvgIpc) is 2.28. The molecule has 18 heavy (non-hydrogen) atoms. The summed E-state index contributed by atoms with van der Waals surface area (Å²) >= 11 is -0.139. The molecule has 0 aliphatic heterocycles. The second-order valence-corrected chi connectivity index (χ2v) is 4.76. The molecule has 0 radical (unpaired) electrons. The van der Waals surface area contributed by atoms with E-state index in [0.717, 1.165) is 0 Å². The van der Waals surface area contributed by atoms with E-state index < -0.39 is 11.5 Å². The SMILES string of the molecule is COC(=O)CCc1cccc(C)c1SC(F)(F)F. The molecule has 6 heteroatoms. The zero-order valence-corrected chi connectivity index (χ0v) is 10.8. The van der Waals surface area contributed by atoms with Gasteiger partial charge in [0.2, 0.25) is 0 Å². The van der Waals surface area contributed by atoms with Crippen molar-refractivity contribution < 1.29 is 22.7 Å². The second kappa shape index (κ2) is 6.13. The molecule has 0 saturated heterocycles. The van der Waals surface area contributed by atoms with E-state index in [1.807, 2.05) is 0 Å². The number of benzene rings is 1. The standard InChI is InChI=1S/C12H13F3O2S/c1-8-4-3-5-9(6-7-10(16)17-2)11(8)18-12(13,14)15/h3-5H,6-7H2,1-2H3. The lowest BCUT2D eigenvalue weighted by molar-refractivity contribution is -0.140. The summed E-state index contributed by atoms with van der Waals surface area (Å²) in [5.74, 6) is -0.431. The van der Waals surface area contributed by atoms with Crippen LogP contribution >= 0.6 is 11.8 Å². The molecule has 2 nitrogen and oxygen atoms in total. The molecule has 100 valence electrons. The van der Waals surface area contributed by atoms with Crippen LogP contribution in [0.4, 0.5) is 13.2 Å². The predicted octanol–water partition coefficient (Wildman–Crippen LogP) is 3.71. The van der Waals surface area contributed by atoms with E-state index in [9.17, 15) is 18.0 Å². The Balaban J connectivity index is 2.90. The summed E-state index contributed by atoms with van der Waals surface area (Å²) in [6.07, 6.45) is 0.318. The van der Waals surface area contributed by atoms with Crippen LogP contribution in [0, 0.1) is 6.92 Å². The number of ether oxygens (including phenoxy) is 1. The Morgan fingerprint density at radius 2 is 2.06 bits per heavy atom. The number of hydrogen-bond acceptors (Lipinski definition) is 3. The van der Waals surface area contributed by atoms with Gasteiger partial charge in [-0.05, 0) is 36.2 Å². The van der Waals surface area contributed by atoms with Gasteiger partial charge in [0.1, 0.15) is 0 Å². The molecule has 1 aromatic rings. The topological polar surface area (TPSA) is 26.3 Å². The van der Waals surface area contributed by atoms with Crippen LogP contribution in [0.1, 0.15) is 17.5 Å². The van der Waals surface area contributed by atoms with Gasteiger partial charge in [-0.15, -0.1) is 0 Å². The van der Waals surface area contributed by atoms with Gasteiger partial charge in [-0.25, -0.2) is 0 Å². The van der Waals surface area contributed by atoms with Gasteiger partial charge in [-0.1, -0.05) is 18.2 Å². The minimum Gasteiger partial charge on any atom is -0.469 e. The van der Waals surface area contributed by atoms with Gasteiger partial charge in [-0.2, -0.15) is 13.2 Å². The molecular weight excluding hydrogens is 265 g/mol. The molecule has 0 fully saturated rings. The quantitative estimate of drug-likeness (QED) is 0.620. The van der Waals surface area contributed by atoms with E-state index in [2.05, 4.69) is 4.74 Å². The third kappa shape index (κ3) is 4.60. The van der Waals surface area contributed by atoms with Crippen molar-refractivity contribution in [2.45, 2.75) is 30.2 Å². The third-order valence-corrected chi connectivity index (χ3v) is 3.36. The van der Waals surface area contributed by atoms with Crippen molar-refractivity contribution in [3.05, 3.63) is 29.3 Å². The number of hydrogen-bond donors (Lipinski definition) is 0. The Kier molecular flexibility index (Phi) is 5.07. The van der Waals surface area contributed by atoms with Crippen LogP contribution in [0.3, 0.4) is 0 Å². The molecule has 0 N–H and O–H groups in total. The van der Waals surface area contributed by atoms with Gasteiger partial charge in [0.15, 0.2) is 0 Å². The van der Waals surface area contributed by atoms with E-state index in [-0.39, 0.29) is 29.5 Å². The van der Waals surface area contributed by atoms with Gasteiger partial charge < -0.3 is 4.74 Å². The number of alkyl halides is 3. The fourth-order valence-electron chi connectivity index (χ4n) is 1.51. The first-order valence-corrected chi connectivity index (χ1v) is 6.06. The number of halogens is 3. The predicted molar refractivity (Wildman–Crippen MR) is 63.4 cm³/mol. The van der Waals surface area contributed by atoms with Gasteiger partial charge >= 0.3 is 11.5 Å². The molecule has 0 bridgehead atoms. The van der Waals surface area contributed by atoms with Crippen molar-refractivity contribution in [3.8, 4) is 0 Å². The van der Waals surface area contributed by atoms with Gasteiger partial charge in [0.05, 0.1) is 7.11 Å². The monoisotopic (exact) mass is 278 g/mol. The molecule has 0 unspecified atom stereocenters. The smallest absolute Gasteiger partial charge is 0.446 e. The number of methoxy groups -OCH3 is 1. The molecule has 0 saturated carbocycles. The van der Waals surface area contributed by atoms with E-state index in [0.29, 0.717) is 11.1 Å². The first-order chi connectivity index (χ1) is 8.33. The minimum atomic E-state index is -4.33. The van der Waals surface area contributed by atoms with Crippen molar-refractivity contribution in [3.63, 3.8) is 0 Å². The van der Waals surface area contributed by atoms with Crippen molar-refractivity contribution in [2.75, 3.05) is 7.11 Å². The minimum absolute atomic E-state index is 0.0748. The van der Waals surface area contributed by atoms with Crippen molar-refractivity contribution in [1.29, 1.82) is 0 Å². The van der Waals surface area contributed by atoms with E-state index in [1.165, 1.54) is 7.11 Å². The molecule has 0 heterocycles. The molecule has 0 aliphatic rings. The van der Waals surface area contributed by atoms with Crippen molar-refractivity contribution in [1.82, 2.24) is 0 Å². The van der Waals surface area contributed by atoms with Crippen molar-refractivity contribution in [2.24, 2.45) is 0 Å². The van der Waals surface area contributed by atoms with Crippen LogP contribution in [-0.4, -0.2) is 18.6 Å². The molecule has 0 aliphatic carbocycles. The lowest BCUT2D eigenvalue weighted by Gasteiger charge is -2.13. The first kappa shape index (κ1) is 14.9. The van der Waals surface area contributed by atoms with Crippen LogP contribution in [-0.2, 0) is 16.0 Å². The highest BCUT2D eigenvalue weighted by Crippen LogP contribution is 2.40. The Bertz CT molecular complexity index is 430. The molecule has 0 aromatic heterocycles. The van der Waals surface area contributed by atoms with Gasteiger partial charge in [-0.3, -0.25) is 4.79 Å². The molecule has 0 atom stereocenters. The maximum Gasteiger partial charge on any atom is 0.446 e. The number of aryl methyl sites for hydroxylation is 2. The lowest BCUT2D eigenvalue weighted by atomic mass is 10.1. The normalized spacial score (nSPS) is 11.4. The molecular formula is C12H13F3O2S. The first-order valence-electron chi connectivity index (χ1n) is 5.24. The number of rotatable bonds is 4. The highest BCUT2D eigenvalue weighted by Gasteiger charge is 2.31. The molecule has 0 amide bonds. The maximum absolute atomic E-state index is 12.4. The van der Waals surface area contributed by atoms with Gasteiger partial charge in [0.25, 0.3) is 0 Å². The number of esters is 1. The van der Waals surface area contributed by atoms with Gasteiger partial charge in [0, 0.05) is 11.3 Å². The summed E-state index contributed by atoms with van der Waals surface area (Å²) < 4.78 is 41.8. The number of thioether (sulfide) groups is 1. The third-order valence-electron chi connectivity index (χ3n) is 2.34. The van der Waals surface area contributed by atoms with E-state index in [1.54, 1.807) is 25.1 Å². The zero-order chi connectivity index (χ0) is 13.8. The maximum atomic E-state index is 12.4. The summed E-state index contributed by atoms with van der Waals surface area (Å²) in [5.41, 5.74) is -3.26. The Labute approximate surface area is 108 Å². The van der Waals surface area contributed by atoms with Crippen LogP contribution in [0.5, 0.6) is 0 Å². The van der Waals surface area contributed by atoms with Crippen LogP contribution < -0.4 is 0 Å². The number of carbonyl (C=O) groups is 1. The fraction of sp³-hybridized carbons (Fsp3) is 0.417. The van der Waals surface area contributed by atoms with E-state index in [4.69, 9.17) is 0 Å². The Hall–Kier alpha value is -1.17. The zero-order valence-electron chi connectivity index (χ0n) is 10.0. The van der Waals surface area contributed by atoms with Crippen molar-refractivity contribution >= 4 is 17.7 Å². The molecule has 1 aromatic carbocycles. The molecule has 1 rings (SSSR count). The fourth-order valence-corrected chi connectivity index (χ4v) is 2.27. The lowest BCUT2D eigenvalue weighted by Crippen LogP contribution is -2.05. The summed E-state index contributed by atoms with van der Waals surface area (Å²) in [7, 11) is 1.25. The van der Waals surface area contributed by atoms with E-state index >= 15 is 0 Å². The molecule has 0 spiro atoms. The summed E-state index contributed by atoms with van der Waals surface area (Å²) in [6, 6.07) is 4.90. The Morgan fingerprint density at radius 1 is 1.39 bits per heavy atom. The van der Waals surface area contributed by atoms with Crippen LogP contribution in [0.15, 0.2) is 23.1 Å². The number of carbonyl (C=O) groups excluding carboxylic acids is 1. The Morgan fingerprint density at radius 3 is 2.61 bits per heavy atom. The summed E-state index contributed by atoms with van der Waals surface area (Å²) in [6.45, 7) is 1.62. The summed E-state index contributed by atoms with van der Waals surface area (Å²) in [5, 5.41) is 0. The highest BCUT2D eigenvalue weighted by molar-refractivity contribution is 8.00. The van der Waals surface area contributed by atoms with Crippen LogP contribution in [0.2, 0.25) is 0 Å². The largest absolute Gasteiger partial charge is 0.469 e. The second-order valence-electron chi connectivity index (χ2n) is 3.69. The average molecular weight is 278 g/mol. The highest BCUT2D eigenvalue weighted by atomic mass is 32.2. The summed E-state index contributed by atoms with van der Waals surface area (Å²) in [4.78, 5) is 11.2. The van der Waals surface area contributed by atoms with Crippen LogP contribution in [0.25, 0.3) is 0 Å².